The maximum absolute atomic E-state index is 10.6. The van der Waals surface area contributed by atoms with Crippen LogP contribution in [0.2, 0.25) is 0 Å². The number of aliphatic hydroxyl groups excluding tert-OH is 1. The van der Waals surface area contributed by atoms with E-state index in [1.165, 1.54) is 0 Å². The Kier molecular flexibility index (Phi) is 2.27. The van der Waals surface area contributed by atoms with Crippen LogP contribution in [0.4, 0.5) is 0 Å². The van der Waals surface area contributed by atoms with E-state index in [0.717, 1.165) is 12.8 Å². The molecule has 3 heteroatoms. The van der Waals surface area contributed by atoms with Gasteiger partial charge in [-0.2, -0.15) is 0 Å². The lowest BCUT2D eigenvalue weighted by Crippen LogP contribution is -2.14. The van der Waals surface area contributed by atoms with E-state index in [4.69, 9.17) is 5.11 Å². The van der Waals surface area contributed by atoms with E-state index in [2.05, 4.69) is 4.74 Å². The maximum atomic E-state index is 10.6. The molecule has 0 amide bonds. The Morgan fingerprint density at radius 3 is 2.90 bits per heavy atom. The summed E-state index contributed by atoms with van der Waals surface area (Å²) in [5, 5.41) is 9.05. The highest BCUT2D eigenvalue weighted by molar-refractivity contribution is 5.71. The lowest BCUT2D eigenvalue weighted by molar-refractivity contribution is -0.156. The molecule has 3 nitrogen and oxygen atoms in total. The first-order chi connectivity index (χ1) is 4.74. The zero-order valence-corrected chi connectivity index (χ0v) is 6.04. The molecule has 1 saturated heterocycles. The third kappa shape index (κ3) is 1.48. The van der Waals surface area contributed by atoms with Crippen LogP contribution in [0.1, 0.15) is 26.2 Å². The molecule has 1 fully saturated rings. The summed E-state index contributed by atoms with van der Waals surface area (Å²) in [4.78, 5) is 10.6. The zero-order valence-electron chi connectivity index (χ0n) is 6.04. The van der Waals surface area contributed by atoms with Crippen LogP contribution in [0, 0.1) is 5.92 Å². The topological polar surface area (TPSA) is 46.5 Å². The van der Waals surface area contributed by atoms with Crippen LogP contribution < -0.4 is 0 Å². The second-order valence-electron chi connectivity index (χ2n) is 2.63. The number of hydrogen-bond acceptors (Lipinski definition) is 3. The molecule has 2 atom stereocenters. The van der Waals surface area contributed by atoms with E-state index in [-0.39, 0.29) is 11.9 Å². The first-order valence-corrected chi connectivity index (χ1v) is 3.61. The van der Waals surface area contributed by atoms with Gasteiger partial charge in [0.15, 0.2) is 0 Å². The molecule has 0 aromatic heterocycles. The fraction of sp³-hybridized carbons (Fsp3) is 0.857. The fourth-order valence-corrected chi connectivity index (χ4v) is 1.21. The van der Waals surface area contributed by atoms with E-state index < -0.39 is 6.29 Å². The second-order valence-corrected chi connectivity index (χ2v) is 2.63. The van der Waals surface area contributed by atoms with Crippen molar-refractivity contribution in [3.63, 3.8) is 0 Å². The van der Waals surface area contributed by atoms with Gasteiger partial charge in [-0.25, -0.2) is 0 Å². The van der Waals surface area contributed by atoms with Gasteiger partial charge in [-0.3, -0.25) is 4.79 Å². The second kappa shape index (κ2) is 3.01. The number of esters is 1. The van der Waals surface area contributed by atoms with Crippen LogP contribution >= 0.6 is 0 Å². The Balaban J connectivity index is 2.38. The smallest absolute Gasteiger partial charge is 0.308 e. The lowest BCUT2D eigenvalue weighted by Gasteiger charge is -2.08. The van der Waals surface area contributed by atoms with E-state index in [9.17, 15) is 4.79 Å². The van der Waals surface area contributed by atoms with Crippen LogP contribution in [0.5, 0.6) is 0 Å². The Morgan fingerprint density at radius 2 is 2.50 bits per heavy atom. The number of aliphatic hydroxyl groups is 1. The van der Waals surface area contributed by atoms with E-state index in [0.29, 0.717) is 6.42 Å². The van der Waals surface area contributed by atoms with Crippen molar-refractivity contribution in [3.8, 4) is 0 Å². The minimum Gasteiger partial charge on any atom is -0.436 e. The van der Waals surface area contributed by atoms with Gasteiger partial charge >= 0.3 is 5.97 Å². The van der Waals surface area contributed by atoms with Crippen LogP contribution in [0.3, 0.4) is 0 Å². The van der Waals surface area contributed by atoms with Crippen molar-refractivity contribution in [1.82, 2.24) is 0 Å². The van der Waals surface area contributed by atoms with Gasteiger partial charge in [0, 0.05) is 5.92 Å². The third-order valence-electron chi connectivity index (χ3n) is 1.74. The number of carbonyl (C=O) groups is 1. The van der Waals surface area contributed by atoms with Gasteiger partial charge in [0.25, 0.3) is 0 Å². The number of hydrogen-bond donors (Lipinski definition) is 1. The van der Waals surface area contributed by atoms with Crippen molar-refractivity contribution in [2.75, 3.05) is 0 Å². The Bertz CT molecular complexity index is 133. The molecule has 0 aromatic rings. The van der Waals surface area contributed by atoms with Gasteiger partial charge in [0.1, 0.15) is 0 Å². The molecule has 10 heavy (non-hydrogen) atoms. The van der Waals surface area contributed by atoms with Gasteiger partial charge < -0.3 is 9.84 Å². The molecule has 0 saturated carbocycles. The van der Waals surface area contributed by atoms with E-state index in [1.54, 1.807) is 0 Å². The summed E-state index contributed by atoms with van der Waals surface area (Å²) in [5.41, 5.74) is 0. The van der Waals surface area contributed by atoms with Crippen molar-refractivity contribution < 1.29 is 14.6 Å². The summed E-state index contributed by atoms with van der Waals surface area (Å²) in [6, 6.07) is 0. The number of carbonyl (C=O) groups excluding carboxylic acids is 1. The minimum absolute atomic E-state index is 0.0394. The molecule has 1 rings (SSSR count). The predicted octanol–water partition coefficient (Wildman–Crippen LogP) is 0.668. The van der Waals surface area contributed by atoms with E-state index in [1.807, 2.05) is 6.92 Å². The lowest BCUT2D eigenvalue weighted by atomic mass is 10.0. The molecule has 58 valence electrons. The fourth-order valence-electron chi connectivity index (χ4n) is 1.21. The molecule has 0 aromatic carbocycles. The molecule has 0 aliphatic carbocycles. The van der Waals surface area contributed by atoms with Crippen molar-refractivity contribution in [1.29, 1.82) is 0 Å². The van der Waals surface area contributed by atoms with Gasteiger partial charge in [-0.15, -0.1) is 0 Å². The standard InChI is InChI=1S/C7H12O3/c1-2-3-5-4-6(8)10-7(5)9/h5,7,9H,2-4H2,1H3/t5-,7?/m1/s1. The normalized spacial score (nSPS) is 32.4. The van der Waals surface area contributed by atoms with E-state index >= 15 is 0 Å². The summed E-state index contributed by atoms with van der Waals surface area (Å²) < 4.78 is 4.54. The Morgan fingerprint density at radius 1 is 1.80 bits per heavy atom. The number of ether oxygens (including phenoxy) is 1. The maximum Gasteiger partial charge on any atom is 0.308 e. The molecule has 1 aliphatic rings. The summed E-state index contributed by atoms with van der Waals surface area (Å²) >= 11 is 0. The average Bonchev–Trinajstić information content (AvgIpc) is 2.13. The average molecular weight is 144 g/mol. The molecule has 1 heterocycles. The third-order valence-corrected chi connectivity index (χ3v) is 1.74. The predicted molar refractivity (Wildman–Crippen MR) is 35.1 cm³/mol. The van der Waals surface area contributed by atoms with Crippen molar-refractivity contribution in [2.45, 2.75) is 32.5 Å². The highest BCUT2D eigenvalue weighted by Gasteiger charge is 2.31. The molecular formula is C7H12O3. The summed E-state index contributed by atoms with van der Waals surface area (Å²) in [5.74, 6) is -0.233. The molecular weight excluding hydrogens is 132 g/mol. The highest BCUT2D eigenvalue weighted by atomic mass is 16.6. The first kappa shape index (κ1) is 7.54. The summed E-state index contributed by atoms with van der Waals surface area (Å²) in [7, 11) is 0. The zero-order chi connectivity index (χ0) is 7.56. The Labute approximate surface area is 60.0 Å². The molecule has 0 bridgehead atoms. The monoisotopic (exact) mass is 144 g/mol. The van der Waals surface area contributed by atoms with Crippen molar-refractivity contribution in [3.05, 3.63) is 0 Å². The summed E-state index contributed by atoms with van der Waals surface area (Å²) in [6.45, 7) is 2.02. The van der Waals surface area contributed by atoms with Crippen molar-refractivity contribution in [2.24, 2.45) is 5.92 Å². The molecule has 0 spiro atoms. The molecule has 1 N–H and O–H groups in total. The summed E-state index contributed by atoms with van der Waals surface area (Å²) in [6.07, 6.45) is 1.40. The van der Waals surface area contributed by atoms with Crippen LogP contribution in [0.25, 0.3) is 0 Å². The van der Waals surface area contributed by atoms with Gasteiger partial charge in [-0.1, -0.05) is 13.3 Å². The molecule has 1 unspecified atom stereocenters. The molecule has 1 aliphatic heterocycles. The van der Waals surface area contributed by atoms with Gasteiger partial charge in [0.05, 0.1) is 6.42 Å². The van der Waals surface area contributed by atoms with Gasteiger partial charge in [0.2, 0.25) is 6.29 Å². The number of rotatable bonds is 2. The van der Waals surface area contributed by atoms with Crippen LogP contribution in [-0.4, -0.2) is 17.4 Å². The SMILES string of the molecule is CCC[C@@H]1CC(=O)OC1O. The minimum atomic E-state index is -0.840. The quantitative estimate of drug-likeness (QED) is 0.579. The Hall–Kier alpha value is -0.570. The van der Waals surface area contributed by atoms with Crippen LogP contribution in [-0.2, 0) is 9.53 Å². The first-order valence-electron chi connectivity index (χ1n) is 3.61. The van der Waals surface area contributed by atoms with Crippen molar-refractivity contribution >= 4 is 5.97 Å². The van der Waals surface area contributed by atoms with Gasteiger partial charge in [-0.05, 0) is 6.42 Å². The highest BCUT2D eigenvalue weighted by Crippen LogP contribution is 2.24. The van der Waals surface area contributed by atoms with Crippen LogP contribution in [0.15, 0.2) is 0 Å². The number of cyclic esters (lactones) is 1. The largest absolute Gasteiger partial charge is 0.436 e. The molecule has 0 radical (unpaired) electrons.